The van der Waals surface area contributed by atoms with Crippen LogP contribution in [-0.4, -0.2) is 29.8 Å². The van der Waals surface area contributed by atoms with Crippen molar-refractivity contribution in [2.45, 2.75) is 111 Å². The van der Waals surface area contributed by atoms with Gasteiger partial charge in [-0.15, -0.1) is 13.2 Å². The molecule has 27 heavy (non-hydrogen) atoms. The lowest BCUT2D eigenvalue weighted by atomic mass is 10.1. The molecule has 5 heteroatoms. The van der Waals surface area contributed by atoms with E-state index in [-0.39, 0.29) is 6.10 Å². The third-order valence-corrected chi connectivity index (χ3v) is 11.3. The summed E-state index contributed by atoms with van der Waals surface area (Å²) >= 11 is 0. The molecule has 0 aromatic rings. The van der Waals surface area contributed by atoms with Crippen molar-refractivity contribution in [2.75, 3.05) is 6.61 Å². The van der Waals surface area contributed by atoms with Gasteiger partial charge in [-0.05, 0) is 32.9 Å². The van der Waals surface area contributed by atoms with Crippen LogP contribution >= 0.6 is 0 Å². The van der Waals surface area contributed by atoms with E-state index < -0.39 is 17.1 Å². The molecule has 0 heterocycles. The predicted octanol–water partition coefficient (Wildman–Crippen LogP) is 7.35. The highest BCUT2D eigenvalue weighted by molar-refractivity contribution is 6.84. The summed E-state index contributed by atoms with van der Waals surface area (Å²) in [5.74, 6) is 0. The van der Waals surface area contributed by atoms with Crippen molar-refractivity contribution in [1.82, 2.24) is 0 Å². The molecule has 0 aliphatic rings. The highest BCUT2D eigenvalue weighted by atomic mass is 28.5. The van der Waals surface area contributed by atoms with Gasteiger partial charge in [0.05, 0.1) is 0 Å². The molecule has 0 N–H and O–H groups in total. The average Bonchev–Trinajstić information content (AvgIpc) is 2.64. The highest BCUT2D eigenvalue weighted by Gasteiger charge is 2.40. The fourth-order valence-corrected chi connectivity index (χ4v) is 9.11. The first-order valence-electron chi connectivity index (χ1n) is 11.1. The van der Waals surface area contributed by atoms with Crippen molar-refractivity contribution in [3.63, 3.8) is 0 Å². The normalized spacial score (nSPS) is 17.1. The minimum atomic E-state index is -2.46. The predicted molar refractivity (Wildman–Crippen MR) is 123 cm³/mol. The van der Waals surface area contributed by atoms with Gasteiger partial charge in [0.25, 0.3) is 0 Å². The van der Waals surface area contributed by atoms with Crippen LogP contribution in [0.25, 0.3) is 0 Å². The molecule has 0 aromatic carbocycles. The zero-order valence-corrected chi connectivity index (χ0v) is 20.9. The molecular formula is C22H46O3Si2. The molecule has 0 aliphatic carbocycles. The molecule has 160 valence electrons. The zero-order valence-electron chi connectivity index (χ0n) is 18.9. The largest absolute Gasteiger partial charge is 0.409 e. The first-order chi connectivity index (χ1) is 12.8. The number of unbranched alkanes of at least 4 members (excludes halogenated alkanes) is 8. The van der Waals surface area contributed by atoms with E-state index in [1.807, 2.05) is 11.4 Å². The van der Waals surface area contributed by atoms with E-state index in [1.165, 1.54) is 57.8 Å². The van der Waals surface area contributed by atoms with Crippen molar-refractivity contribution >= 4 is 17.1 Å². The quantitative estimate of drug-likeness (QED) is 0.163. The molecule has 3 nitrogen and oxygen atoms in total. The summed E-state index contributed by atoms with van der Waals surface area (Å²) in [6, 6.07) is 0. The van der Waals surface area contributed by atoms with Crippen molar-refractivity contribution in [2.24, 2.45) is 0 Å². The summed E-state index contributed by atoms with van der Waals surface area (Å²) in [6.07, 6.45) is 13.9. The molecule has 0 fully saturated rings. The Morgan fingerprint density at radius 1 is 0.778 bits per heavy atom. The SMILES string of the molecule is C=C[Si](C)(OCCCCCCCCC)O[Si](C)(C=C)OC(C)CCCCC. The lowest BCUT2D eigenvalue weighted by Gasteiger charge is -2.35. The Morgan fingerprint density at radius 3 is 1.85 bits per heavy atom. The van der Waals surface area contributed by atoms with Gasteiger partial charge < -0.3 is 13.0 Å². The van der Waals surface area contributed by atoms with Crippen molar-refractivity contribution in [1.29, 1.82) is 0 Å². The maximum absolute atomic E-state index is 6.46. The van der Waals surface area contributed by atoms with Crippen LogP contribution in [0.2, 0.25) is 13.1 Å². The lowest BCUT2D eigenvalue weighted by molar-refractivity contribution is 0.147. The van der Waals surface area contributed by atoms with E-state index in [4.69, 9.17) is 13.0 Å². The van der Waals surface area contributed by atoms with Crippen molar-refractivity contribution < 1.29 is 13.0 Å². The van der Waals surface area contributed by atoms with Crippen LogP contribution in [-0.2, 0) is 13.0 Å². The molecule has 0 saturated heterocycles. The Labute approximate surface area is 172 Å². The topological polar surface area (TPSA) is 27.7 Å². The van der Waals surface area contributed by atoms with Gasteiger partial charge >= 0.3 is 17.1 Å². The van der Waals surface area contributed by atoms with E-state index in [9.17, 15) is 0 Å². The summed E-state index contributed by atoms with van der Waals surface area (Å²) < 4.78 is 19.0. The second-order valence-corrected chi connectivity index (χ2v) is 14.2. The van der Waals surface area contributed by atoms with Crippen LogP contribution in [0.4, 0.5) is 0 Å². The summed E-state index contributed by atoms with van der Waals surface area (Å²) in [5.41, 5.74) is 3.77. The Balaban J connectivity index is 4.34. The van der Waals surface area contributed by atoms with E-state index >= 15 is 0 Å². The third kappa shape index (κ3) is 13.6. The number of rotatable bonds is 19. The Bertz CT molecular complexity index is 392. The van der Waals surface area contributed by atoms with E-state index in [1.54, 1.807) is 0 Å². The molecule has 3 unspecified atom stereocenters. The van der Waals surface area contributed by atoms with E-state index in [0.29, 0.717) is 0 Å². The fraction of sp³-hybridized carbons (Fsp3) is 0.818. The van der Waals surface area contributed by atoms with E-state index in [2.05, 4.69) is 47.0 Å². The monoisotopic (exact) mass is 414 g/mol. The lowest BCUT2D eigenvalue weighted by Crippen LogP contribution is -2.51. The Hall–Kier alpha value is -0.206. The molecular weight excluding hydrogens is 368 g/mol. The molecule has 0 bridgehead atoms. The van der Waals surface area contributed by atoms with Gasteiger partial charge in [0, 0.05) is 12.7 Å². The third-order valence-electron chi connectivity index (χ3n) is 4.93. The summed E-state index contributed by atoms with van der Waals surface area (Å²) in [4.78, 5) is 0. The molecule has 0 aromatic heterocycles. The smallest absolute Gasteiger partial charge is 0.352 e. The summed E-state index contributed by atoms with van der Waals surface area (Å²) in [5, 5.41) is 0. The Kier molecular flexibility index (Phi) is 15.6. The van der Waals surface area contributed by atoms with Gasteiger partial charge in [0.1, 0.15) is 0 Å². The van der Waals surface area contributed by atoms with Crippen LogP contribution < -0.4 is 0 Å². The fourth-order valence-electron chi connectivity index (χ4n) is 3.12. The molecule has 0 aliphatic heterocycles. The van der Waals surface area contributed by atoms with Gasteiger partial charge in [-0.3, -0.25) is 0 Å². The number of hydrogen-bond acceptors (Lipinski definition) is 3. The molecule has 0 amide bonds. The zero-order chi connectivity index (χ0) is 20.6. The van der Waals surface area contributed by atoms with Crippen LogP contribution in [0.1, 0.15) is 91.4 Å². The summed E-state index contributed by atoms with van der Waals surface area (Å²) in [6.45, 7) is 19.5. The molecule has 0 radical (unpaired) electrons. The van der Waals surface area contributed by atoms with Crippen molar-refractivity contribution in [3.8, 4) is 0 Å². The summed E-state index contributed by atoms with van der Waals surface area (Å²) in [7, 11) is -4.90. The molecule has 0 spiro atoms. The minimum Gasteiger partial charge on any atom is -0.409 e. The first kappa shape index (κ1) is 26.8. The second kappa shape index (κ2) is 15.7. The van der Waals surface area contributed by atoms with Crippen LogP contribution in [0.3, 0.4) is 0 Å². The van der Waals surface area contributed by atoms with Gasteiger partial charge in [0.15, 0.2) is 0 Å². The van der Waals surface area contributed by atoms with Gasteiger partial charge in [-0.2, -0.15) is 0 Å². The highest BCUT2D eigenvalue weighted by Crippen LogP contribution is 2.22. The second-order valence-electron chi connectivity index (χ2n) is 7.94. The number of hydrogen-bond donors (Lipinski definition) is 0. The van der Waals surface area contributed by atoms with Gasteiger partial charge in [-0.1, -0.05) is 83.0 Å². The maximum Gasteiger partial charge on any atom is 0.352 e. The molecule has 3 atom stereocenters. The van der Waals surface area contributed by atoms with Crippen LogP contribution in [0.5, 0.6) is 0 Å². The van der Waals surface area contributed by atoms with Crippen LogP contribution in [0, 0.1) is 0 Å². The maximum atomic E-state index is 6.46. The van der Waals surface area contributed by atoms with Gasteiger partial charge in [0.2, 0.25) is 0 Å². The molecule has 0 rings (SSSR count). The van der Waals surface area contributed by atoms with Gasteiger partial charge in [-0.25, -0.2) is 0 Å². The Morgan fingerprint density at radius 2 is 1.30 bits per heavy atom. The molecule has 0 saturated carbocycles. The van der Waals surface area contributed by atoms with E-state index in [0.717, 1.165) is 19.4 Å². The van der Waals surface area contributed by atoms with Crippen LogP contribution in [0.15, 0.2) is 24.6 Å². The average molecular weight is 415 g/mol. The standard InChI is InChI=1S/C22H46O3Si2/c1-8-12-14-15-16-17-19-21-23-26(6,10-3)25-27(7,11-4)24-22(5)20-18-13-9-2/h10-11,22H,3-4,8-9,12-21H2,1-2,5-7H3. The first-order valence-corrected chi connectivity index (χ1v) is 15.9. The van der Waals surface area contributed by atoms with Crippen molar-refractivity contribution in [3.05, 3.63) is 24.6 Å². The minimum absolute atomic E-state index is 0.192.